The summed E-state index contributed by atoms with van der Waals surface area (Å²) >= 11 is 0. The smallest absolute Gasteiger partial charge is 0.124 e. The molecular weight excluding hydrogens is 336 g/mol. The zero-order valence-corrected chi connectivity index (χ0v) is 17.6. The summed E-state index contributed by atoms with van der Waals surface area (Å²) in [5.41, 5.74) is 1.58. The van der Waals surface area contributed by atoms with E-state index >= 15 is 0 Å². The minimum absolute atomic E-state index is 0.141. The molecule has 2 aromatic rings. The largest absolute Gasteiger partial charge is 0.508 e. The summed E-state index contributed by atoms with van der Waals surface area (Å²) in [6.07, 6.45) is 3.75. The van der Waals surface area contributed by atoms with E-state index in [1.54, 1.807) is 12.1 Å². The molecule has 0 aliphatic carbocycles. The summed E-state index contributed by atoms with van der Waals surface area (Å²) in [5, 5.41) is 10.2. The van der Waals surface area contributed by atoms with Crippen LogP contribution in [-0.4, -0.2) is 16.3 Å². The Hall–Kier alpha value is -2.16. The number of hydrogen-bond acceptors (Lipinski definition) is 3. The van der Waals surface area contributed by atoms with Crippen molar-refractivity contribution in [3.63, 3.8) is 0 Å². The molecule has 0 aromatic heterocycles. The predicted molar refractivity (Wildman–Crippen MR) is 113 cm³/mol. The predicted octanol–water partition coefficient (Wildman–Crippen LogP) is 6.97. The van der Waals surface area contributed by atoms with Crippen molar-refractivity contribution in [1.82, 2.24) is 0 Å². The van der Waals surface area contributed by atoms with Crippen LogP contribution in [-0.2, 0) is 0 Å². The Morgan fingerprint density at radius 3 is 1.63 bits per heavy atom. The van der Waals surface area contributed by atoms with Gasteiger partial charge in [-0.15, -0.1) is 0 Å². The SMILES string of the molecule is CCC(C)(CC)Oc1ccc(-c2cc(O)cc(OC(C)(CC)CC)c2)cc1. The van der Waals surface area contributed by atoms with E-state index in [0.29, 0.717) is 5.75 Å². The Kier molecular flexibility index (Phi) is 6.80. The fourth-order valence-corrected chi connectivity index (χ4v) is 2.88. The van der Waals surface area contributed by atoms with E-state index in [0.717, 1.165) is 42.6 Å². The molecule has 2 rings (SSSR count). The van der Waals surface area contributed by atoms with Crippen LogP contribution in [0.1, 0.15) is 67.2 Å². The van der Waals surface area contributed by atoms with Crippen molar-refractivity contribution in [1.29, 1.82) is 0 Å². The molecule has 0 fully saturated rings. The molecule has 1 N–H and O–H groups in total. The molecule has 0 saturated carbocycles. The fourth-order valence-electron chi connectivity index (χ4n) is 2.88. The topological polar surface area (TPSA) is 38.7 Å². The van der Waals surface area contributed by atoms with Crippen LogP contribution in [0.5, 0.6) is 17.2 Å². The summed E-state index contributed by atoms with van der Waals surface area (Å²) in [7, 11) is 0. The molecular formula is C24H34O3. The van der Waals surface area contributed by atoms with Crippen LogP contribution >= 0.6 is 0 Å². The van der Waals surface area contributed by atoms with Crippen molar-refractivity contribution in [3.05, 3.63) is 42.5 Å². The first-order chi connectivity index (χ1) is 12.8. The number of hydrogen-bond donors (Lipinski definition) is 1. The summed E-state index contributed by atoms with van der Waals surface area (Å²) in [5.74, 6) is 1.77. The molecule has 27 heavy (non-hydrogen) atoms. The van der Waals surface area contributed by atoms with Gasteiger partial charge >= 0.3 is 0 Å². The van der Waals surface area contributed by atoms with Crippen LogP contribution in [0.4, 0.5) is 0 Å². The van der Waals surface area contributed by atoms with Crippen molar-refractivity contribution in [2.75, 3.05) is 0 Å². The van der Waals surface area contributed by atoms with Crippen LogP contribution < -0.4 is 9.47 Å². The van der Waals surface area contributed by atoms with Gasteiger partial charge in [0.15, 0.2) is 0 Å². The third-order valence-corrected chi connectivity index (χ3v) is 5.80. The second-order valence-corrected chi connectivity index (χ2v) is 7.76. The van der Waals surface area contributed by atoms with Crippen LogP contribution in [0.25, 0.3) is 11.1 Å². The Labute approximate surface area is 164 Å². The lowest BCUT2D eigenvalue weighted by molar-refractivity contribution is 0.0800. The number of benzene rings is 2. The molecule has 0 spiro atoms. The van der Waals surface area contributed by atoms with E-state index in [4.69, 9.17) is 9.47 Å². The maximum Gasteiger partial charge on any atom is 0.124 e. The van der Waals surface area contributed by atoms with Gasteiger partial charge in [-0.1, -0.05) is 39.8 Å². The number of aromatic hydroxyl groups is 1. The molecule has 0 aliphatic heterocycles. The van der Waals surface area contributed by atoms with E-state index < -0.39 is 0 Å². The lowest BCUT2D eigenvalue weighted by Gasteiger charge is -2.29. The first-order valence-corrected chi connectivity index (χ1v) is 10.1. The molecule has 0 unspecified atom stereocenters. The van der Waals surface area contributed by atoms with E-state index in [2.05, 4.69) is 41.5 Å². The first kappa shape index (κ1) is 21.1. The number of ether oxygens (including phenoxy) is 2. The average molecular weight is 371 g/mol. The molecule has 0 amide bonds. The third-order valence-electron chi connectivity index (χ3n) is 5.80. The van der Waals surface area contributed by atoms with Crippen molar-refractivity contribution >= 4 is 0 Å². The van der Waals surface area contributed by atoms with E-state index in [9.17, 15) is 5.11 Å². The third kappa shape index (κ3) is 5.41. The van der Waals surface area contributed by atoms with Crippen LogP contribution in [0.2, 0.25) is 0 Å². The minimum Gasteiger partial charge on any atom is -0.508 e. The number of rotatable bonds is 9. The first-order valence-electron chi connectivity index (χ1n) is 10.1. The molecule has 3 heteroatoms. The molecule has 0 radical (unpaired) electrons. The monoisotopic (exact) mass is 370 g/mol. The Bertz CT molecular complexity index is 726. The van der Waals surface area contributed by atoms with Crippen molar-refractivity contribution in [3.8, 4) is 28.4 Å². The summed E-state index contributed by atoms with van der Waals surface area (Å²) in [6, 6.07) is 13.5. The molecule has 0 bridgehead atoms. The summed E-state index contributed by atoms with van der Waals surface area (Å²) < 4.78 is 12.3. The highest BCUT2D eigenvalue weighted by molar-refractivity contribution is 5.67. The summed E-state index contributed by atoms with van der Waals surface area (Å²) in [6.45, 7) is 12.8. The highest BCUT2D eigenvalue weighted by atomic mass is 16.5. The highest BCUT2D eigenvalue weighted by Gasteiger charge is 2.23. The molecule has 148 valence electrons. The zero-order chi connectivity index (χ0) is 20.1. The number of phenolic OH excluding ortho intramolecular Hbond substituents is 1. The van der Waals surface area contributed by atoms with Gasteiger partial charge in [-0.2, -0.15) is 0 Å². The van der Waals surface area contributed by atoms with E-state index in [-0.39, 0.29) is 17.0 Å². The molecule has 2 aromatic carbocycles. The van der Waals surface area contributed by atoms with Gasteiger partial charge in [0.1, 0.15) is 28.5 Å². The second-order valence-electron chi connectivity index (χ2n) is 7.76. The van der Waals surface area contributed by atoms with Gasteiger partial charge in [-0.3, -0.25) is 0 Å². The quantitative estimate of drug-likeness (QED) is 0.518. The lowest BCUT2D eigenvalue weighted by atomic mass is 9.99. The minimum atomic E-state index is -0.229. The van der Waals surface area contributed by atoms with Crippen molar-refractivity contribution in [2.24, 2.45) is 0 Å². The van der Waals surface area contributed by atoms with Crippen molar-refractivity contribution < 1.29 is 14.6 Å². The average Bonchev–Trinajstić information content (AvgIpc) is 2.67. The highest BCUT2D eigenvalue weighted by Crippen LogP contribution is 2.34. The Morgan fingerprint density at radius 1 is 0.667 bits per heavy atom. The van der Waals surface area contributed by atoms with Gasteiger partial charge in [-0.25, -0.2) is 0 Å². The fraction of sp³-hybridized carbons (Fsp3) is 0.500. The molecule has 3 nitrogen and oxygen atoms in total. The van der Waals surface area contributed by atoms with Gasteiger partial charge < -0.3 is 14.6 Å². The van der Waals surface area contributed by atoms with Gasteiger partial charge in [0.05, 0.1) is 0 Å². The van der Waals surface area contributed by atoms with Gasteiger partial charge in [0.25, 0.3) is 0 Å². The van der Waals surface area contributed by atoms with E-state index in [1.165, 1.54) is 0 Å². The van der Waals surface area contributed by atoms with Crippen LogP contribution in [0, 0.1) is 0 Å². The lowest BCUT2D eigenvalue weighted by Crippen LogP contribution is -2.30. The maximum absolute atomic E-state index is 10.2. The standard InChI is InChI=1S/C24H34O3/c1-7-23(5,8-2)26-21-13-11-18(12-14-21)19-15-20(25)17-22(16-19)27-24(6,9-3)10-4/h11-17,25H,7-10H2,1-6H3. The van der Waals surface area contributed by atoms with Gasteiger partial charge in [0.2, 0.25) is 0 Å². The van der Waals surface area contributed by atoms with Crippen LogP contribution in [0.15, 0.2) is 42.5 Å². The normalized spacial score (nSPS) is 12.1. The van der Waals surface area contributed by atoms with Gasteiger partial charge in [0, 0.05) is 6.07 Å². The maximum atomic E-state index is 10.2. The summed E-state index contributed by atoms with van der Waals surface area (Å²) in [4.78, 5) is 0. The van der Waals surface area contributed by atoms with E-state index in [1.807, 2.05) is 30.3 Å². The Morgan fingerprint density at radius 2 is 1.15 bits per heavy atom. The molecule has 0 aliphatic rings. The molecule has 0 atom stereocenters. The van der Waals surface area contributed by atoms with Crippen molar-refractivity contribution in [2.45, 2.75) is 78.4 Å². The number of phenols is 1. The van der Waals surface area contributed by atoms with Crippen LogP contribution in [0.3, 0.4) is 0 Å². The van der Waals surface area contributed by atoms with Gasteiger partial charge in [-0.05, 0) is 74.9 Å². The Balaban J connectivity index is 2.25. The zero-order valence-electron chi connectivity index (χ0n) is 17.6. The molecule has 0 saturated heterocycles. The second kappa shape index (κ2) is 8.69. The molecule has 0 heterocycles.